The largest absolute Gasteiger partial charge is 0.369 e. The summed E-state index contributed by atoms with van der Waals surface area (Å²) in [4.78, 5) is 4.23. The minimum atomic E-state index is -0.705. The predicted molar refractivity (Wildman–Crippen MR) is 75.0 cm³/mol. The van der Waals surface area contributed by atoms with Gasteiger partial charge in [0.05, 0.1) is 11.0 Å². The Morgan fingerprint density at radius 3 is 2.79 bits per heavy atom. The van der Waals surface area contributed by atoms with E-state index >= 15 is 0 Å². The maximum Gasteiger partial charge on any atom is 0.201 e. The van der Waals surface area contributed by atoms with E-state index in [9.17, 15) is 8.60 Å². The number of halogens is 1. The molecule has 1 aliphatic heterocycles. The summed E-state index contributed by atoms with van der Waals surface area (Å²) >= 11 is 0. The summed E-state index contributed by atoms with van der Waals surface area (Å²) in [5, 5.41) is 0. The topological polar surface area (TPSA) is 60.9 Å². The number of nitrogens with zero attached hydrogens (tertiary/aromatic N) is 2. The molecule has 3 rings (SSSR count). The van der Waals surface area contributed by atoms with Crippen molar-refractivity contribution in [2.75, 3.05) is 17.2 Å². The molecule has 0 bridgehead atoms. The van der Waals surface area contributed by atoms with Gasteiger partial charge < -0.3 is 10.3 Å². The first kappa shape index (κ1) is 12.6. The van der Waals surface area contributed by atoms with Crippen LogP contribution in [0.2, 0.25) is 0 Å². The number of nitrogen functional groups attached to an aromatic ring is 1. The van der Waals surface area contributed by atoms with Crippen LogP contribution in [0.5, 0.6) is 0 Å². The van der Waals surface area contributed by atoms with Gasteiger partial charge in [-0.2, -0.15) is 0 Å². The van der Waals surface area contributed by atoms with Crippen LogP contribution in [0.25, 0.3) is 11.0 Å². The number of anilines is 1. The Balaban J connectivity index is 2.10. The van der Waals surface area contributed by atoms with E-state index in [2.05, 4.69) is 4.98 Å². The first-order valence-corrected chi connectivity index (χ1v) is 7.83. The molecule has 0 atom stereocenters. The molecule has 0 spiro atoms. The van der Waals surface area contributed by atoms with E-state index < -0.39 is 10.8 Å². The number of aromatic nitrogens is 2. The number of nitrogens with two attached hydrogens (primary N) is 1. The molecule has 6 heteroatoms. The molecule has 1 aromatic heterocycles. The fourth-order valence-corrected chi connectivity index (χ4v) is 3.94. The molecule has 0 radical (unpaired) electrons. The minimum absolute atomic E-state index is 0.215. The number of fused-ring (bicyclic) bond motifs is 1. The van der Waals surface area contributed by atoms with Crippen LogP contribution in [-0.2, 0) is 10.8 Å². The van der Waals surface area contributed by atoms with Crippen LogP contribution in [0.1, 0.15) is 24.4 Å². The van der Waals surface area contributed by atoms with Crippen molar-refractivity contribution in [1.29, 1.82) is 0 Å². The minimum Gasteiger partial charge on any atom is -0.369 e. The first-order valence-electron chi connectivity index (χ1n) is 6.35. The van der Waals surface area contributed by atoms with E-state index in [0.717, 1.165) is 18.4 Å². The lowest BCUT2D eigenvalue weighted by molar-refractivity contribution is 0.478. The quantitative estimate of drug-likeness (QED) is 0.871. The van der Waals surface area contributed by atoms with Crippen LogP contribution < -0.4 is 5.73 Å². The lowest BCUT2D eigenvalue weighted by atomic mass is 10.1. The summed E-state index contributed by atoms with van der Waals surface area (Å²) < 4.78 is 27.0. The molecule has 19 heavy (non-hydrogen) atoms. The molecule has 0 aliphatic carbocycles. The summed E-state index contributed by atoms with van der Waals surface area (Å²) in [6, 6.07) is 3.44. The van der Waals surface area contributed by atoms with Crippen LogP contribution in [0.3, 0.4) is 0 Å². The van der Waals surface area contributed by atoms with Crippen molar-refractivity contribution in [3.63, 3.8) is 0 Å². The number of imidazole rings is 1. The molecule has 102 valence electrons. The van der Waals surface area contributed by atoms with Gasteiger partial charge in [0, 0.05) is 34.4 Å². The Morgan fingerprint density at radius 1 is 1.42 bits per heavy atom. The Labute approximate surface area is 113 Å². The summed E-state index contributed by atoms with van der Waals surface area (Å²) in [5.74, 6) is 1.55. The van der Waals surface area contributed by atoms with Crippen molar-refractivity contribution in [3.8, 4) is 0 Å². The molecule has 2 N–H and O–H groups in total. The van der Waals surface area contributed by atoms with Gasteiger partial charge in [-0.05, 0) is 31.4 Å². The van der Waals surface area contributed by atoms with Crippen molar-refractivity contribution < 1.29 is 8.60 Å². The molecular formula is C13H16FN3OS. The highest BCUT2D eigenvalue weighted by Gasteiger charge is 2.23. The highest BCUT2D eigenvalue weighted by Crippen LogP contribution is 2.30. The summed E-state index contributed by atoms with van der Waals surface area (Å²) in [5.41, 5.74) is 8.02. The van der Waals surface area contributed by atoms with Crippen molar-refractivity contribution in [2.24, 2.45) is 0 Å². The van der Waals surface area contributed by atoms with Crippen LogP contribution in [-0.4, -0.2) is 25.3 Å². The monoisotopic (exact) mass is 281 g/mol. The van der Waals surface area contributed by atoms with Gasteiger partial charge >= 0.3 is 0 Å². The van der Waals surface area contributed by atoms with Crippen molar-refractivity contribution in [2.45, 2.75) is 25.8 Å². The number of aryl methyl sites for hydroxylation is 1. The predicted octanol–water partition coefficient (Wildman–Crippen LogP) is 2.15. The second-order valence-electron chi connectivity index (χ2n) is 5.01. The van der Waals surface area contributed by atoms with Gasteiger partial charge in [0.15, 0.2) is 0 Å². The number of benzene rings is 1. The van der Waals surface area contributed by atoms with E-state index in [4.69, 9.17) is 5.73 Å². The van der Waals surface area contributed by atoms with Gasteiger partial charge in [0.25, 0.3) is 0 Å². The standard InChI is InChI=1S/C13H16FN3OS/c1-8-6-12-11(7-10(8)14)16-13(15)17(12)9-2-4-19(18)5-3-9/h6-7,9H,2-5H2,1H3,(H2,15,16). The number of rotatable bonds is 1. The third-order valence-electron chi connectivity index (χ3n) is 3.72. The van der Waals surface area contributed by atoms with Crippen LogP contribution in [0, 0.1) is 12.7 Å². The molecule has 2 heterocycles. The van der Waals surface area contributed by atoms with Gasteiger partial charge in [-0.25, -0.2) is 9.37 Å². The van der Waals surface area contributed by atoms with Crippen molar-refractivity contribution in [3.05, 3.63) is 23.5 Å². The zero-order chi connectivity index (χ0) is 13.6. The van der Waals surface area contributed by atoms with E-state index in [-0.39, 0.29) is 11.9 Å². The number of hydrogen-bond acceptors (Lipinski definition) is 3. The van der Waals surface area contributed by atoms with Crippen molar-refractivity contribution in [1.82, 2.24) is 9.55 Å². The molecule has 0 amide bonds. The Bertz CT molecular complexity index is 657. The van der Waals surface area contributed by atoms with Gasteiger partial charge in [-0.15, -0.1) is 0 Å². The van der Waals surface area contributed by atoms with E-state index in [0.29, 0.717) is 28.5 Å². The van der Waals surface area contributed by atoms with Crippen LogP contribution in [0.4, 0.5) is 10.3 Å². The normalized spacial score (nSPS) is 23.9. The van der Waals surface area contributed by atoms with Gasteiger partial charge in [0.1, 0.15) is 5.82 Å². The molecule has 1 fully saturated rings. The van der Waals surface area contributed by atoms with Crippen LogP contribution in [0.15, 0.2) is 12.1 Å². The maximum absolute atomic E-state index is 13.6. The SMILES string of the molecule is Cc1cc2c(cc1F)nc(N)n2C1CCS(=O)CC1. The zero-order valence-electron chi connectivity index (χ0n) is 10.7. The molecule has 0 unspecified atom stereocenters. The summed E-state index contributed by atoms with van der Waals surface area (Å²) in [6.07, 6.45) is 1.66. The lowest BCUT2D eigenvalue weighted by Gasteiger charge is -2.24. The zero-order valence-corrected chi connectivity index (χ0v) is 11.5. The fraction of sp³-hybridized carbons (Fsp3) is 0.462. The summed E-state index contributed by atoms with van der Waals surface area (Å²) in [7, 11) is -0.705. The molecule has 2 aromatic rings. The highest BCUT2D eigenvalue weighted by molar-refractivity contribution is 7.85. The Hall–Kier alpha value is -1.43. The molecular weight excluding hydrogens is 265 g/mol. The van der Waals surface area contributed by atoms with E-state index in [1.165, 1.54) is 6.07 Å². The smallest absolute Gasteiger partial charge is 0.201 e. The third-order valence-corrected chi connectivity index (χ3v) is 5.10. The lowest BCUT2D eigenvalue weighted by Crippen LogP contribution is -2.22. The van der Waals surface area contributed by atoms with E-state index in [1.54, 1.807) is 13.0 Å². The maximum atomic E-state index is 13.6. The molecule has 4 nitrogen and oxygen atoms in total. The summed E-state index contributed by atoms with van der Waals surface area (Å²) in [6.45, 7) is 1.73. The van der Waals surface area contributed by atoms with Crippen LogP contribution >= 0.6 is 0 Å². The van der Waals surface area contributed by atoms with Gasteiger partial charge in [-0.1, -0.05) is 0 Å². The second kappa shape index (κ2) is 4.59. The second-order valence-corrected chi connectivity index (χ2v) is 6.71. The number of hydrogen-bond donors (Lipinski definition) is 1. The first-order chi connectivity index (χ1) is 9.06. The molecule has 1 aromatic carbocycles. The van der Waals surface area contributed by atoms with E-state index in [1.807, 2.05) is 4.57 Å². The molecule has 1 saturated heterocycles. The Kier molecular flexibility index (Phi) is 3.05. The average molecular weight is 281 g/mol. The van der Waals surface area contributed by atoms with Gasteiger partial charge in [0.2, 0.25) is 5.95 Å². The molecule has 1 aliphatic rings. The third kappa shape index (κ3) is 2.14. The van der Waals surface area contributed by atoms with Crippen molar-refractivity contribution >= 4 is 27.8 Å². The highest BCUT2D eigenvalue weighted by atomic mass is 32.2. The fourth-order valence-electron chi connectivity index (χ4n) is 2.66. The Morgan fingerprint density at radius 2 is 2.11 bits per heavy atom. The average Bonchev–Trinajstić information content (AvgIpc) is 2.67. The molecule has 0 saturated carbocycles. The van der Waals surface area contributed by atoms with Gasteiger partial charge in [-0.3, -0.25) is 4.21 Å².